The Bertz CT molecular complexity index is 793. The molecule has 2 unspecified atom stereocenters. The number of hydrogen-bond donors (Lipinski definition) is 0. The van der Waals surface area contributed by atoms with E-state index in [0.717, 1.165) is 45.9 Å². The van der Waals surface area contributed by atoms with Crippen LogP contribution in [0, 0.1) is 23.2 Å². The normalized spacial score (nSPS) is 22.7. The number of nitriles is 1. The molecule has 0 aliphatic carbocycles. The van der Waals surface area contributed by atoms with Crippen molar-refractivity contribution in [1.29, 1.82) is 5.26 Å². The first-order chi connectivity index (χ1) is 14.5. The Hall–Kier alpha value is -1.50. The molecule has 2 atom stereocenters. The van der Waals surface area contributed by atoms with Crippen LogP contribution >= 0.6 is 0 Å². The molecular formula is C22H33N3O4S. The van der Waals surface area contributed by atoms with Crippen LogP contribution in [0.25, 0.3) is 0 Å². The lowest BCUT2D eigenvalue weighted by Crippen LogP contribution is -2.53. The molecule has 2 saturated heterocycles. The van der Waals surface area contributed by atoms with Crippen molar-refractivity contribution >= 4 is 9.84 Å². The zero-order chi connectivity index (χ0) is 21.4. The minimum Gasteiger partial charge on any atom is -0.382 e. The lowest BCUT2D eigenvalue weighted by Gasteiger charge is -2.46. The first kappa shape index (κ1) is 23.2. The Balaban J connectivity index is 1.39. The van der Waals surface area contributed by atoms with Crippen molar-refractivity contribution in [2.45, 2.75) is 17.7 Å². The van der Waals surface area contributed by atoms with Crippen molar-refractivity contribution in [3.8, 4) is 6.07 Å². The summed E-state index contributed by atoms with van der Waals surface area (Å²) >= 11 is 0. The van der Waals surface area contributed by atoms with Gasteiger partial charge in [0, 0.05) is 39.8 Å². The van der Waals surface area contributed by atoms with Gasteiger partial charge >= 0.3 is 0 Å². The van der Waals surface area contributed by atoms with Crippen LogP contribution in [-0.4, -0.2) is 90.2 Å². The van der Waals surface area contributed by atoms with E-state index < -0.39 is 9.84 Å². The van der Waals surface area contributed by atoms with Crippen LogP contribution in [0.5, 0.6) is 0 Å². The van der Waals surface area contributed by atoms with E-state index in [0.29, 0.717) is 41.9 Å². The van der Waals surface area contributed by atoms with Gasteiger partial charge in [-0.15, -0.1) is 0 Å². The molecule has 3 rings (SSSR count). The van der Waals surface area contributed by atoms with Crippen LogP contribution in [0.1, 0.15) is 18.4 Å². The third-order valence-corrected chi connectivity index (χ3v) is 7.76. The highest BCUT2D eigenvalue weighted by Crippen LogP contribution is 2.28. The highest BCUT2D eigenvalue weighted by molar-refractivity contribution is 7.91. The number of ether oxygens (including phenoxy) is 2. The summed E-state index contributed by atoms with van der Waals surface area (Å²) in [6, 6.07) is 8.21. The predicted octanol–water partition coefficient (Wildman–Crippen LogP) is 1.64. The molecule has 8 heteroatoms. The van der Waals surface area contributed by atoms with Gasteiger partial charge in [0.1, 0.15) is 0 Å². The molecule has 0 amide bonds. The third kappa shape index (κ3) is 6.76. The van der Waals surface area contributed by atoms with Gasteiger partial charge in [-0.05, 0) is 55.5 Å². The van der Waals surface area contributed by atoms with Gasteiger partial charge in [-0.25, -0.2) is 8.42 Å². The number of hydrogen-bond acceptors (Lipinski definition) is 7. The molecule has 2 bridgehead atoms. The van der Waals surface area contributed by atoms with Gasteiger partial charge in [0.2, 0.25) is 0 Å². The molecule has 1 aromatic carbocycles. The molecule has 0 radical (unpaired) electrons. The summed E-state index contributed by atoms with van der Waals surface area (Å²) in [6.07, 6.45) is 1.92. The summed E-state index contributed by atoms with van der Waals surface area (Å²) in [5.41, 5.74) is 0.476. The molecular weight excluding hydrogens is 402 g/mol. The first-order valence-electron chi connectivity index (χ1n) is 10.7. The summed E-state index contributed by atoms with van der Waals surface area (Å²) in [5.74, 6) is 1.47. The zero-order valence-corrected chi connectivity index (χ0v) is 18.6. The Labute approximate surface area is 180 Å². The summed E-state index contributed by atoms with van der Waals surface area (Å²) < 4.78 is 35.7. The van der Waals surface area contributed by atoms with E-state index in [4.69, 9.17) is 14.7 Å². The van der Waals surface area contributed by atoms with Crippen LogP contribution in [-0.2, 0) is 19.3 Å². The van der Waals surface area contributed by atoms with Crippen molar-refractivity contribution in [1.82, 2.24) is 9.80 Å². The zero-order valence-electron chi connectivity index (χ0n) is 17.8. The minimum absolute atomic E-state index is 0.148. The number of fused-ring (bicyclic) bond motifs is 2. The fourth-order valence-electron chi connectivity index (χ4n) is 4.63. The van der Waals surface area contributed by atoms with Crippen LogP contribution < -0.4 is 0 Å². The van der Waals surface area contributed by atoms with E-state index in [1.165, 1.54) is 18.6 Å². The molecule has 0 spiro atoms. The topological polar surface area (TPSA) is 82.9 Å². The number of piperidine rings is 2. The van der Waals surface area contributed by atoms with Crippen molar-refractivity contribution in [2.75, 3.05) is 72.0 Å². The second-order valence-corrected chi connectivity index (χ2v) is 10.5. The van der Waals surface area contributed by atoms with E-state index in [-0.39, 0.29) is 5.75 Å². The molecule has 7 nitrogen and oxygen atoms in total. The van der Waals surface area contributed by atoms with Gasteiger partial charge in [-0.2, -0.15) is 5.26 Å². The molecule has 0 N–H and O–H groups in total. The van der Waals surface area contributed by atoms with Crippen molar-refractivity contribution in [2.24, 2.45) is 11.8 Å². The van der Waals surface area contributed by atoms with Gasteiger partial charge in [0.15, 0.2) is 9.84 Å². The van der Waals surface area contributed by atoms with Crippen LogP contribution in [0.3, 0.4) is 0 Å². The largest absolute Gasteiger partial charge is 0.382 e. The number of nitrogens with zero attached hydrogens (tertiary/aromatic N) is 3. The number of rotatable bonds is 11. The third-order valence-electron chi connectivity index (χ3n) is 5.95. The predicted molar refractivity (Wildman–Crippen MR) is 115 cm³/mol. The molecule has 2 aliphatic rings. The summed E-state index contributed by atoms with van der Waals surface area (Å²) in [6.45, 7) is 8.14. The number of benzene rings is 1. The Morgan fingerprint density at radius 3 is 2.23 bits per heavy atom. The maximum absolute atomic E-state index is 12.6. The minimum atomic E-state index is -3.30. The number of methoxy groups -OCH3 is 1. The smallest absolute Gasteiger partial charge is 0.178 e. The van der Waals surface area contributed by atoms with Crippen molar-refractivity contribution < 1.29 is 17.9 Å². The average molecular weight is 436 g/mol. The average Bonchev–Trinajstić information content (AvgIpc) is 2.73. The second-order valence-electron chi connectivity index (χ2n) is 8.40. The molecule has 2 fully saturated rings. The Morgan fingerprint density at radius 1 is 1.00 bits per heavy atom. The first-order valence-corrected chi connectivity index (χ1v) is 12.4. The maximum Gasteiger partial charge on any atom is 0.178 e. The highest BCUT2D eigenvalue weighted by atomic mass is 32.2. The fourth-order valence-corrected chi connectivity index (χ4v) is 5.93. The van der Waals surface area contributed by atoms with Crippen molar-refractivity contribution in [3.05, 3.63) is 29.8 Å². The quantitative estimate of drug-likeness (QED) is 0.489. The highest BCUT2D eigenvalue weighted by Gasteiger charge is 2.33. The summed E-state index contributed by atoms with van der Waals surface area (Å²) in [7, 11) is -1.61. The van der Waals surface area contributed by atoms with Gasteiger partial charge in [-0.3, -0.25) is 0 Å². The number of sulfone groups is 1. The monoisotopic (exact) mass is 435 g/mol. The van der Waals surface area contributed by atoms with E-state index in [2.05, 4.69) is 9.80 Å². The molecule has 2 aliphatic heterocycles. The Morgan fingerprint density at radius 2 is 1.63 bits per heavy atom. The van der Waals surface area contributed by atoms with Crippen LogP contribution in [0.2, 0.25) is 0 Å². The Kier molecular flexibility index (Phi) is 8.66. The van der Waals surface area contributed by atoms with E-state index in [9.17, 15) is 8.42 Å². The van der Waals surface area contributed by atoms with Gasteiger partial charge in [0.05, 0.1) is 42.1 Å². The standard InChI is InChI=1S/C22H33N3O4S/c1-28-10-11-29-9-8-25-17-20-13-21(18-25)16-24(15-20)7-2-12-30(26,27)22-5-3-19(14-23)4-6-22/h3-6,20-21H,2,7-13,15-18H2,1H3. The van der Waals surface area contributed by atoms with Gasteiger partial charge < -0.3 is 19.3 Å². The fraction of sp³-hybridized carbons (Fsp3) is 0.682. The summed E-state index contributed by atoms with van der Waals surface area (Å²) in [4.78, 5) is 5.26. The maximum atomic E-state index is 12.6. The van der Waals surface area contributed by atoms with Crippen LogP contribution in [0.15, 0.2) is 29.2 Å². The van der Waals surface area contributed by atoms with E-state index in [1.807, 2.05) is 6.07 Å². The van der Waals surface area contributed by atoms with Gasteiger partial charge in [0.25, 0.3) is 0 Å². The van der Waals surface area contributed by atoms with E-state index in [1.54, 1.807) is 19.2 Å². The molecule has 0 aromatic heterocycles. The lowest BCUT2D eigenvalue weighted by molar-refractivity contribution is 0.00857. The van der Waals surface area contributed by atoms with Crippen LogP contribution in [0.4, 0.5) is 0 Å². The van der Waals surface area contributed by atoms with E-state index >= 15 is 0 Å². The molecule has 1 aromatic rings. The lowest BCUT2D eigenvalue weighted by atomic mass is 9.84. The van der Waals surface area contributed by atoms with Crippen molar-refractivity contribution in [3.63, 3.8) is 0 Å². The SMILES string of the molecule is COCCOCCN1CC2CC(CN(CCCS(=O)(=O)c3ccc(C#N)cc3)C2)C1. The number of likely N-dealkylation sites (tertiary alicyclic amines) is 2. The summed E-state index contributed by atoms with van der Waals surface area (Å²) in [5, 5.41) is 8.86. The molecule has 166 valence electrons. The molecule has 2 heterocycles. The van der Waals surface area contributed by atoms with Gasteiger partial charge in [-0.1, -0.05) is 0 Å². The second kappa shape index (κ2) is 11.2. The molecule has 0 saturated carbocycles. The molecule has 30 heavy (non-hydrogen) atoms.